The number of halogens is 2. The molecule has 0 atom stereocenters. The summed E-state index contributed by atoms with van der Waals surface area (Å²) in [6.45, 7) is 0. The van der Waals surface area contributed by atoms with Gasteiger partial charge in [0, 0.05) is 18.3 Å². The lowest BCUT2D eigenvalue weighted by atomic mass is 10.0. The lowest BCUT2D eigenvalue weighted by molar-refractivity contribution is -0.171. The standard InChI is InChI=1S/C16H14F2N2O3/c1-20(23-2)16(22)15(21)19-14-8-7-12(18)9-13(14)10-3-5-11(17)6-4-10/h3-9H,1-2H3,(H,19,21). The molecule has 5 nitrogen and oxygen atoms in total. The second-order valence-corrected chi connectivity index (χ2v) is 4.64. The van der Waals surface area contributed by atoms with Gasteiger partial charge in [0.2, 0.25) is 0 Å². The molecule has 0 aliphatic heterocycles. The minimum Gasteiger partial charge on any atom is -0.317 e. The zero-order valence-corrected chi connectivity index (χ0v) is 12.5. The van der Waals surface area contributed by atoms with Crippen LogP contribution in [0.3, 0.4) is 0 Å². The van der Waals surface area contributed by atoms with Crippen LogP contribution in [0.15, 0.2) is 42.5 Å². The molecule has 0 aromatic heterocycles. The Hall–Kier alpha value is -2.80. The quantitative estimate of drug-likeness (QED) is 0.698. The Balaban J connectivity index is 2.34. The van der Waals surface area contributed by atoms with E-state index < -0.39 is 23.4 Å². The first kappa shape index (κ1) is 16.6. The number of nitrogens with zero attached hydrogens (tertiary/aromatic N) is 1. The molecule has 0 fully saturated rings. The van der Waals surface area contributed by atoms with Crippen LogP contribution >= 0.6 is 0 Å². The summed E-state index contributed by atoms with van der Waals surface area (Å²) in [5, 5.41) is 3.16. The van der Waals surface area contributed by atoms with Crippen molar-refractivity contribution < 1.29 is 23.2 Å². The Morgan fingerprint density at radius 2 is 1.65 bits per heavy atom. The predicted octanol–water partition coefficient (Wildman–Crippen LogP) is 2.59. The minimum atomic E-state index is -0.940. The van der Waals surface area contributed by atoms with E-state index in [-0.39, 0.29) is 5.69 Å². The van der Waals surface area contributed by atoms with Gasteiger partial charge in [0.25, 0.3) is 0 Å². The highest BCUT2D eigenvalue weighted by atomic mass is 19.1. The van der Waals surface area contributed by atoms with E-state index in [0.717, 1.165) is 11.1 Å². The van der Waals surface area contributed by atoms with Crippen LogP contribution in [0.2, 0.25) is 0 Å². The molecule has 2 amide bonds. The Morgan fingerprint density at radius 3 is 2.26 bits per heavy atom. The Bertz CT molecular complexity index is 733. The van der Waals surface area contributed by atoms with E-state index in [1.165, 1.54) is 50.6 Å². The summed E-state index contributed by atoms with van der Waals surface area (Å²) in [4.78, 5) is 28.2. The van der Waals surface area contributed by atoms with Crippen molar-refractivity contribution in [3.05, 3.63) is 54.1 Å². The van der Waals surface area contributed by atoms with Crippen LogP contribution in [0.5, 0.6) is 0 Å². The topological polar surface area (TPSA) is 58.6 Å². The van der Waals surface area contributed by atoms with Crippen molar-refractivity contribution in [2.45, 2.75) is 0 Å². The second-order valence-electron chi connectivity index (χ2n) is 4.64. The van der Waals surface area contributed by atoms with Crippen LogP contribution in [0.25, 0.3) is 11.1 Å². The van der Waals surface area contributed by atoms with Crippen LogP contribution in [-0.4, -0.2) is 31.0 Å². The summed E-state index contributed by atoms with van der Waals surface area (Å²) >= 11 is 0. The Morgan fingerprint density at radius 1 is 1.04 bits per heavy atom. The van der Waals surface area contributed by atoms with E-state index in [2.05, 4.69) is 10.2 Å². The third-order valence-electron chi connectivity index (χ3n) is 3.14. The lowest BCUT2D eigenvalue weighted by Gasteiger charge is -2.15. The fourth-order valence-electron chi connectivity index (χ4n) is 1.90. The van der Waals surface area contributed by atoms with Gasteiger partial charge >= 0.3 is 11.8 Å². The van der Waals surface area contributed by atoms with Crippen LogP contribution < -0.4 is 5.32 Å². The van der Waals surface area contributed by atoms with Gasteiger partial charge in [-0.05, 0) is 35.9 Å². The fourth-order valence-corrected chi connectivity index (χ4v) is 1.90. The summed E-state index contributed by atoms with van der Waals surface area (Å²) in [5.41, 5.74) is 1.04. The molecule has 0 aliphatic rings. The average Bonchev–Trinajstić information content (AvgIpc) is 2.55. The van der Waals surface area contributed by atoms with Crippen molar-refractivity contribution in [3.63, 3.8) is 0 Å². The molecule has 0 unspecified atom stereocenters. The summed E-state index contributed by atoms with van der Waals surface area (Å²) in [6, 6.07) is 8.99. The summed E-state index contributed by atoms with van der Waals surface area (Å²) in [6.07, 6.45) is 0. The van der Waals surface area contributed by atoms with Gasteiger partial charge in [-0.3, -0.25) is 14.4 Å². The van der Waals surface area contributed by atoms with Crippen molar-refractivity contribution in [1.82, 2.24) is 5.06 Å². The molecule has 1 N–H and O–H groups in total. The summed E-state index contributed by atoms with van der Waals surface area (Å²) in [7, 11) is 2.53. The lowest BCUT2D eigenvalue weighted by Crippen LogP contribution is -2.36. The number of anilines is 1. The normalized spacial score (nSPS) is 10.3. The first-order valence-electron chi connectivity index (χ1n) is 6.61. The largest absolute Gasteiger partial charge is 0.335 e. The first-order chi connectivity index (χ1) is 10.9. The van der Waals surface area contributed by atoms with Gasteiger partial charge < -0.3 is 5.32 Å². The molecule has 2 aromatic rings. The van der Waals surface area contributed by atoms with Gasteiger partial charge in [0.15, 0.2) is 0 Å². The molecule has 23 heavy (non-hydrogen) atoms. The summed E-state index contributed by atoms with van der Waals surface area (Å²) in [5.74, 6) is -2.82. The minimum absolute atomic E-state index is 0.223. The van der Waals surface area contributed by atoms with Crippen LogP contribution in [0.1, 0.15) is 0 Å². The molecule has 0 saturated carbocycles. The number of hydroxylamine groups is 2. The van der Waals surface area contributed by atoms with Crippen molar-refractivity contribution in [2.75, 3.05) is 19.5 Å². The zero-order valence-electron chi connectivity index (χ0n) is 12.5. The molecular formula is C16H14F2N2O3. The number of carbonyl (C=O) groups excluding carboxylic acids is 2. The zero-order chi connectivity index (χ0) is 17.0. The van der Waals surface area contributed by atoms with E-state index in [1.807, 2.05) is 0 Å². The highest BCUT2D eigenvalue weighted by molar-refractivity contribution is 6.39. The maximum absolute atomic E-state index is 13.5. The number of hydrogen-bond donors (Lipinski definition) is 1. The number of amides is 2. The number of hydrogen-bond acceptors (Lipinski definition) is 3. The van der Waals surface area contributed by atoms with Gasteiger partial charge in [0.05, 0.1) is 7.11 Å². The maximum Gasteiger partial charge on any atom is 0.335 e. The van der Waals surface area contributed by atoms with Crippen LogP contribution in [0, 0.1) is 11.6 Å². The number of likely N-dealkylation sites (N-methyl/N-ethyl adjacent to an activating group) is 1. The van der Waals surface area contributed by atoms with Gasteiger partial charge in [-0.15, -0.1) is 0 Å². The van der Waals surface area contributed by atoms with E-state index in [0.29, 0.717) is 11.1 Å². The molecule has 0 bridgehead atoms. The molecule has 0 spiro atoms. The molecule has 0 saturated heterocycles. The molecule has 0 aliphatic carbocycles. The van der Waals surface area contributed by atoms with E-state index >= 15 is 0 Å². The molecule has 0 radical (unpaired) electrons. The third kappa shape index (κ3) is 3.89. The van der Waals surface area contributed by atoms with Crippen molar-refractivity contribution >= 4 is 17.5 Å². The SMILES string of the molecule is CON(C)C(=O)C(=O)Nc1ccc(F)cc1-c1ccc(F)cc1. The fraction of sp³-hybridized carbons (Fsp3) is 0.125. The smallest absolute Gasteiger partial charge is 0.317 e. The van der Waals surface area contributed by atoms with E-state index in [9.17, 15) is 18.4 Å². The van der Waals surface area contributed by atoms with Crippen molar-refractivity contribution in [2.24, 2.45) is 0 Å². The number of nitrogens with one attached hydrogen (secondary N) is 1. The molecule has 2 aromatic carbocycles. The number of carbonyl (C=O) groups is 2. The molecule has 0 heterocycles. The second kappa shape index (κ2) is 6.97. The molecular weight excluding hydrogens is 306 g/mol. The van der Waals surface area contributed by atoms with Crippen LogP contribution in [-0.2, 0) is 14.4 Å². The summed E-state index contributed by atoms with van der Waals surface area (Å²) < 4.78 is 26.5. The van der Waals surface area contributed by atoms with E-state index in [4.69, 9.17) is 0 Å². The van der Waals surface area contributed by atoms with Crippen molar-refractivity contribution in [1.29, 1.82) is 0 Å². The number of benzene rings is 2. The molecule has 2 rings (SSSR count). The first-order valence-corrected chi connectivity index (χ1v) is 6.61. The Labute approximate surface area is 131 Å². The van der Waals surface area contributed by atoms with Crippen LogP contribution in [0.4, 0.5) is 14.5 Å². The Kier molecular flexibility index (Phi) is 5.02. The van der Waals surface area contributed by atoms with Gasteiger partial charge in [-0.2, -0.15) is 0 Å². The van der Waals surface area contributed by atoms with Crippen molar-refractivity contribution in [3.8, 4) is 11.1 Å². The third-order valence-corrected chi connectivity index (χ3v) is 3.14. The van der Waals surface area contributed by atoms with Gasteiger partial charge in [-0.1, -0.05) is 12.1 Å². The van der Waals surface area contributed by atoms with Gasteiger partial charge in [-0.25, -0.2) is 13.8 Å². The highest BCUT2D eigenvalue weighted by Gasteiger charge is 2.20. The average molecular weight is 320 g/mol. The molecule has 120 valence electrons. The van der Waals surface area contributed by atoms with E-state index in [1.54, 1.807) is 0 Å². The highest BCUT2D eigenvalue weighted by Crippen LogP contribution is 2.29. The predicted molar refractivity (Wildman–Crippen MR) is 80.2 cm³/mol. The number of rotatable bonds is 3. The maximum atomic E-state index is 13.5. The molecule has 7 heteroatoms. The van der Waals surface area contributed by atoms with Gasteiger partial charge in [0.1, 0.15) is 11.6 Å². The monoisotopic (exact) mass is 320 g/mol.